The highest BCUT2D eigenvalue weighted by molar-refractivity contribution is 5.89. The van der Waals surface area contributed by atoms with Crippen LogP contribution in [0.25, 0.3) is 0 Å². The third-order valence-electron chi connectivity index (χ3n) is 6.20. The van der Waals surface area contributed by atoms with Gasteiger partial charge in [0.1, 0.15) is 6.61 Å². The molecule has 2 atom stereocenters. The molecule has 6 nitrogen and oxygen atoms in total. The zero-order valence-electron chi connectivity index (χ0n) is 17.1. The van der Waals surface area contributed by atoms with Crippen LogP contribution in [0.3, 0.4) is 0 Å². The van der Waals surface area contributed by atoms with Gasteiger partial charge in [0.25, 0.3) is 0 Å². The second kappa shape index (κ2) is 8.48. The average molecular weight is 409 g/mol. The van der Waals surface area contributed by atoms with Crippen LogP contribution in [0.2, 0.25) is 0 Å². The quantitative estimate of drug-likeness (QED) is 0.753. The molecule has 1 amide bonds. The molecule has 2 unspecified atom stereocenters. The monoisotopic (exact) mass is 409 g/mol. The fraction of sp³-hybridized carbons (Fsp3) is 0.417. The van der Waals surface area contributed by atoms with Crippen molar-refractivity contribution in [3.63, 3.8) is 0 Å². The Kier molecular flexibility index (Phi) is 5.77. The van der Waals surface area contributed by atoms with Gasteiger partial charge >= 0.3 is 12.1 Å². The van der Waals surface area contributed by atoms with Crippen molar-refractivity contribution < 1.29 is 24.2 Å². The van der Waals surface area contributed by atoms with Gasteiger partial charge in [-0.05, 0) is 48.4 Å². The molecule has 1 heterocycles. The van der Waals surface area contributed by atoms with Gasteiger partial charge in [-0.1, -0.05) is 42.5 Å². The molecule has 1 N–H and O–H groups in total. The molecule has 158 valence electrons. The summed E-state index contributed by atoms with van der Waals surface area (Å²) >= 11 is 0. The molecule has 0 spiro atoms. The predicted octanol–water partition coefficient (Wildman–Crippen LogP) is 4.09. The lowest BCUT2D eigenvalue weighted by Gasteiger charge is -2.44. The summed E-state index contributed by atoms with van der Waals surface area (Å²) in [5, 5.41) is 11.2. The summed E-state index contributed by atoms with van der Waals surface area (Å²) in [6.07, 6.45) is 2.69. The lowest BCUT2D eigenvalue weighted by molar-refractivity contribution is -0.0606. The summed E-state index contributed by atoms with van der Waals surface area (Å²) in [5.41, 5.74) is 1.49. The number of nitrogens with zero attached hydrogens (tertiary/aromatic N) is 1. The molecule has 4 rings (SSSR count). The maximum absolute atomic E-state index is 12.9. The van der Waals surface area contributed by atoms with Crippen LogP contribution in [0.4, 0.5) is 4.79 Å². The highest BCUT2D eigenvalue weighted by Crippen LogP contribution is 2.49. The fourth-order valence-corrected chi connectivity index (χ4v) is 4.29. The smallest absolute Gasteiger partial charge is 0.410 e. The number of likely N-dealkylation sites (tertiary alicyclic amines) is 1. The molecule has 1 aliphatic heterocycles. The normalized spacial score (nSPS) is 23.7. The molecule has 2 aliphatic rings. The van der Waals surface area contributed by atoms with E-state index < -0.39 is 17.7 Å². The minimum absolute atomic E-state index is 0.205. The summed E-state index contributed by atoms with van der Waals surface area (Å²) in [6.45, 7) is 0.640. The number of piperidine rings is 1. The Bertz CT molecular complexity index is 894. The van der Waals surface area contributed by atoms with Gasteiger partial charge in [0.15, 0.2) is 0 Å². The molecule has 0 aromatic heterocycles. The van der Waals surface area contributed by atoms with Crippen LogP contribution < -0.4 is 0 Å². The Morgan fingerprint density at radius 2 is 1.80 bits per heavy atom. The Hall–Kier alpha value is -2.86. The third-order valence-corrected chi connectivity index (χ3v) is 6.20. The Morgan fingerprint density at radius 3 is 2.43 bits per heavy atom. The fourth-order valence-electron chi connectivity index (χ4n) is 4.29. The van der Waals surface area contributed by atoms with Gasteiger partial charge in [-0.15, -0.1) is 0 Å². The van der Waals surface area contributed by atoms with Crippen molar-refractivity contribution in [2.24, 2.45) is 5.92 Å². The highest BCUT2D eigenvalue weighted by Gasteiger charge is 2.49. The Morgan fingerprint density at radius 1 is 1.10 bits per heavy atom. The van der Waals surface area contributed by atoms with E-state index in [2.05, 4.69) is 0 Å². The average Bonchev–Trinajstić information content (AvgIpc) is 3.64. The van der Waals surface area contributed by atoms with Crippen molar-refractivity contribution in [2.75, 3.05) is 13.7 Å². The minimum atomic E-state index is -0.762. The third kappa shape index (κ3) is 4.33. The van der Waals surface area contributed by atoms with Crippen LogP contribution in [0, 0.1) is 5.92 Å². The first-order chi connectivity index (χ1) is 14.5. The first-order valence-electron chi connectivity index (χ1n) is 10.4. The van der Waals surface area contributed by atoms with Crippen LogP contribution in [0.5, 0.6) is 0 Å². The number of aliphatic hydroxyl groups is 1. The van der Waals surface area contributed by atoms with Crippen LogP contribution >= 0.6 is 0 Å². The van der Waals surface area contributed by atoms with Gasteiger partial charge in [-0.3, -0.25) is 0 Å². The molecule has 1 saturated heterocycles. The molecule has 6 heteroatoms. The number of esters is 1. The number of methoxy groups -OCH3 is 1. The molecule has 2 fully saturated rings. The Labute approximate surface area is 176 Å². The zero-order chi connectivity index (χ0) is 21.1. The first-order valence-corrected chi connectivity index (χ1v) is 10.4. The van der Waals surface area contributed by atoms with E-state index in [0.29, 0.717) is 30.9 Å². The molecule has 2 aromatic carbocycles. The van der Waals surface area contributed by atoms with E-state index in [9.17, 15) is 14.7 Å². The van der Waals surface area contributed by atoms with E-state index >= 15 is 0 Å². The van der Waals surface area contributed by atoms with Gasteiger partial charge in [-0.2, -0.15) is 0 Å². The summed E-state index contributed by atoms with van der Waals surface area (Å²) in [6, 6.07) is 16.3. The second-order valence-corrected chi connectivity index (χ2v) is 8.19. The molecule has 1 saturated carbocycles. The number of hydrogen-bond donors (Lipinski definition) is 1. The maximum atomic E-state index is 12.9. The zero-order valence-corrected chi connectivity index (χ0v) is 17.1. The lowest BCUT2D eigenvalue weighted by atomic mass is 9.80. The van der Waals surface area contributed by atoms with Gasteiger partial charge in [0.05, 0.1) is 24.3 Å². The van der Waals surface area contributed by atoms with Crippen molar-refractivity contribution in [2.45, 2.75) is 43.9 Å². The molecule has 0 bridgehead atoms. The van der Waals surface area contributed by atoms with E-state index in [1.54, 1.807) is 17.0 Å². The number of benzene rings is 2. The van der Waals surface area contributed by atoms with E-state index in [1.807, 2.05) is 42.5 Å². The standard InChI is InChI=1S/C24H27NO5/c1-29-22(26)19-9-7-18(8-10-19)21-15-24(28,20-11-12-20)13-14-25(21)23(27)30-16-17-5-3-2-4-6-17/h2-10,20-21,28H,11-16H2,1H3. The molecule has 0 radical (unpaired) electrons. The summed E-state index contributed by atoms with van der Waals surface area (Å²) in [7, 11) is 1.34. The molecular weight excluding hydrogens is 382 g/mol. The van der Waals surface area contributed by atoms with E-state index in [4.69, 9.17) is 9.47 Å². The number of rotatable bonds is 5. The summed E-state index contributed by atoms with van der Waals surface area (Å²) in [5.74, 6) is -0.101. The molecule has 1 aliphatic carbocycles. The van der Waals surface area contributed by atoms with Crippen molar-refractivity contribution >= 4 is 12.1 Å². The van der Waals surface area contributed by atoms with E-state index in [1.165, 1.54) is 7.11 Å². The van der Waals surface area contributed by atoms with Crippen LogP contribution in [0.15, 0.2) is 54.6 Å². The largest absolute Gasteiger partial charge is 0.465 e. The lowest BCUT2D eigenvalue weighted by Crippen LogP contribution is -2.49. The van der Waals surface area contributed by atoms with Gasteiger partial charge in [0, 0.05) is 13.0 Å². The van der Waals surface area contributed by atoms with E-state index in [-0.39, 0.29) is 12.6 Å². The van der Waals surface area contributed by atoms with Crippen LogP contribution in [0.1, 0.15) is 53.2 Å². The number of carbonyl (C=O) groups excluding carboxylic acids is 2. The molecular formula is C24H27NO5. The summed E-state index contributed by atoms with van der Waals surface area (Å²) in [4.78, 5) is 26.4. The first kappa shape index (κ1) is 20.4. The van der Waals surface area contributed by atoms with Crippen LogP contribution in [-0.4, -0.2) is 41.3 Å². The van der Waals surface area contributed by atoms with Gasteiger partial charge in [-0.25, -0.2) is 9.59 Å². The topological polar surface area (TPSA) is 76.1 Å². The highest BCUT2D eigenvalue weighted by atomic mass is 16.6. The SMILES string of the molecule is COC(=O)c1ccc(C2CC(O)(C3CC3)CCN2C(=O)OCc2ccccc2)cc1. The molecule has 2 aromatic rings. The van der Waals surface area contributed by atoms with Crippen molar-refractivity contribution in [1.82, 2.24) is 4.90 Å². The van der Waals surface area contributed by atoms with Gasteiger partial charge < -0.3 is 19.5 Å². The summed E-state index contributed by atoms with van der Waals surface area (Å²) < 4.78 is 10.3. The predicted molar refractivity (Wildman–Crippen MR) is 111 cm³/mol. The van der Waals surface area contributed by atoms with E-state index in [0.717, 1.165) is 24.0 Å². The van der Waals surface area contributed by atoms with Crippen molar-refractivity contribution in [3.05, 3.63) is 71.3 Å². The number of ether oxygens (including phenoxy) is 2. The van der Waals surface area contributed by atoms with Crippen molar-refractivity contribution in [1.29, 1.82) is 0 Å². The maximum Gasteiger partial charge on any atom is 0.410 e. The minimum Gasteiger partial charge on any atom is -0.465 e. The Balaban J connectivity index is 1.53. The second-order valence-electron chi connectivity index (χ2n) is 8.19. The van der Waals surface area contributed by atoms with Crippen molar-refractivity contribution in [3.8, 4) is 0 Å². The molecule has 30 heavy (non-hydrogen) atoms. The van der Waals surface area contributed by atoms with Crippen LogP contribution in [-0.2, 0) is 16.1 Å². The number of amides is 1. The number of carbonyl (C=O) groups is 2. The number of hydrogen-bond acceptors (Lipinski definition) is 5. The van der Waals surface area contributed by atoms with Gasteiger partial charge in [0.2, 0.25) is 0 Å².